The van der Waals surface area contributed by atoms with Crippen LogP contribution in [0.15, 0.2) is 0 Å². The maximum absolute atomic E-state index is 11.6. The van der Waals surface area contributed by atoms with Crippen molar-refractivity contribution in [1.82, 2.24) is 0 Å². The lowest BCUT2D eigenvalue weighted by Crippen LogP contribution is -2.11. The molecule has 0 aromatic heterocycles. The molecule has 0 aromatic rings. The summed E-state index contributed by atoms with van der Waals surface area (Å²) in [5.41, 5.74) is 0.683. The van der Waals surface area contributed by atoms with Crippen LogP contribution in [0.2, 0.25) is 0 Å². The molecule has 0 aliphatic carbocycles. The number of esters is 1. The predicted molar refractivity (Wildman–Crippen MR) is 112 cm³/mol. The lowest BCUT2D eigenvalue weighted by atomic mass is 9.91. The van der Waals surface area contributed by atoms with E-state index in [1.807, 2.05) is 21.6 Å². The van der Waals surface area contributed by atoms with E-state index in [2.05, 4.69) is 41.5 Å². The van der Waals surface area contributed by atoms with Crippen molar-refractivity contribution in [2.24, 2.45) is 10.8 Å². The average molecular weight is 377 g/mol. The van der Waals surface area contributed by atoms with Crippen molar-refractivity contribution in [2.75, 3.05) is 18.1 Å². The fourth-order valence-electron chi connectivity index (χ4n) is 2.13. The zero-order chi connectivity index (χ0) is 18.5. The minimum absolute atomic E-state index is 0.0351. The van der Waals surface area contributed by atoms with Crippen LogP contribution < -0.4 is 0 Å². The van der Waals surface area contributed by atoms with Gasteiger partial charge >= 0.3 is 5.97 Å². The molecule has 0 fully saturated rings. The number of carbonyl (C=O) groups is 1. The van der Waals surface area contributed by atoms with Gasteiger partial charge in [0.1, 0.15) is 0 Å². The van der Waals surface area contributed by atoms with Gasteiger partial charge in [0.25, 0.3) is 0 Å². The highest BCUT2D eigenvalue weighted by atomic mass is 33.1. The van der Waals surface area contributed by atoms with Crippen molar-refractivity contribution < 1.29 is 9.53 Å². The topological polar surface area (TPSA) is 26.3 Å². The van der Waals surface area contributed by atoms with E-state index in [0.29, 0.717) is 18.4 Å². The van der Waals surface area contributed by atoms with E-state index in [-0.39, 0.29) is 11.4 Å². The first-order valence-electron chi connectivity index (χ1n) is 9.50. The van der Waals surface area contributed by atoms with Gasteiger partial charge < -0.3 is 4.74 Å². The lowest BCUT2D eigenvalue weighted by Gasteiger charge is -2.17. The number of ether oxygens (including phenoxy) is 1. The molecular formula is C20H40O2S2. The van der Waals surface area contributed by atoms with Gasteiger partial charge in [-0.15, -0.1) is 0 Å². The molecule has 0 aliphatic heterocycles. The number of rotatable bonds is 13. The smallest absolute Gasteiger partial charge is 0.305 e. The molecule has 144 valence electrons. The van der Waals surface area contributed by atoms with E-state index < -0.39 is 0 Å². The van der Waals surface area contributed by atoms with Gasteiger partial charge in [-0.3, -0.25) is 4.79 Å². The Morgan fingerprint density at radius 1 is 0.750 bits per heavy atom. The third-order valence-electron chi connectivity index (χ3n) is 3.70. The molecule has 0 amide bonds. The Morgan fingerprint density at radius 2 is 1.29 bits per heavy atom. The summed E-state index contributed by atoms with van der Waals surface area (Å²) in [4.78, 5) is 11.6. The third kappa shape index (κ3) is 20.2. The van der Waals surface area contributed by atoms with Crippen LogP contribution in [0, 0.1) is 10.8 Å². The van der Waals surface area contributed by atoms with Gasteiger partial charge in [-0.2, -0.15) is 0 Å². The predicted octanol–water partition coefficient (Wildman–Crippen LogP) is 7.12. The molecule has 0 bridgehead atoms. The molecule has 0 aliphatic rings. The van der Waals surface area contributed by atoms with E-state index in [0.717, 1.165) is 12.8 Å². The fourth-order valence-corrected chi connectivity index (χ4v) is 4.37. The van der Waals surface area contributed by atoms with Crippen molar-refractivity contribution in [1.29, 1.82) is 0 Å². The summed E-state index contributed by atoms with van der Waals surface area (Å²) in [5.74, 6) is 2.48. The van der Waals surface area contributed by atoms with E-state index in [9.17, 15) is 4.79 Å². The van der Waals surface area contributed by atoms with Gasteiger partial charge in [-0.05, 0) is 42.9 Å². The van der Waals surface area contributed by atoms with Crippen LogP contribution in [0.4, 0.5) is 0 Å². The molecule has 0 radical (unpaired) electrons. The van der Waals surface area contributed by atoms with Crippen LogP contribution in [-0.2, 0) is 9.53 Å². The largest absolute Gasteiger partial charge is 0.466 e. The highest BCUT2D eigenvalue weighted by Crippen LogP contribution is 2.27. The Kier molecular flexibility index (Phi) is 13.5. The Morgan fingerprint density at radius 3 is 1.88 bits per heavy atom. The minimum Gasteiger partial charge on any atom is -0.466 e. The van der Waals surface area contributed by atoms with E-state index in [4.69, 9.17) is 4.74 Å². The van der Waals surface area contributed by atoms with Crippen LogP contribution in [-0.4, -0.2) is 24.1 Å². The monoisotopic (exact) mass is 376 g/mol. The first kappa shape index (κ1) is 24.2. The average Bonchev–Trinajstić information content (AvgIpc) is 2.44. The van der Waals surface area contributed by atoms with Crippen LogP contribution in [0.5, 0.6) is 0 Å². The van der Waals surface area contributed by atoms with Gasteiger partial charge in [0, 0.05) is 17.9 Å². The molecule has 0 atom stereocenters. The summed E-state index contributed by atoms with van der Waals surface area (Å²) in [7, 11) is 4.03. The van der Waals surface area contributed by atoms with Crippen molar-refractivity contribution in [3.05, 3.63) is 0 Å². The zero-order valence-electron chi connectivity index (χ0n) is 16.9. The Balaban J connectivity index is 3.24. The number of carbonyl (C=O) groups excluding carboxylic acids is 1. The van der Waals surface area contributed by atoms with Crippen LogP contribution in [0.3, 0.4) is 0 Å². The molecule has 0 aromatic carbocycles. The van der Waals surface area contributed by atoms with Crippen molar-refractivity contribution in [3.8, 4) is 0 Å². The molecule has 2 nitrogen and oxygen atoms in total. The molecule has 0 N–H and O–H groups in total. The molecule has 0 rings (SSSR count). The highest BCUT2D eigenvalue weighted by molar-refractivity contribution is 8.76. The molecule has 4 heteroatoms. The van der Waals surface area contributed by atoms with Crippen molar-refractivity contribution >= 4 is 27.6 Å². The summed E-state index contributed by atoms with van der Waals surface area (Å²) in [6.45, 7) is 14.0. The Bertz CT molecular complexity index is 317. The van der Waals surface area contributed by atoms with E-state index >= 15 is 0 Å². The Hall–Kier alpha value is 0.170. The van der Waals surface area contributed by atoms with Gasteiger partial charge in [-0.25, -0.2) is 0 Å². The first-order chi connectivity index (χ1) is 11.1. The molecule has 0 unspecified atom stereocenters. The van der Waals surface area contributed by atoms with Crippen LogP contribution in [0.1, 0.15) is 92.9 Å². The van der Waals surface area contributed by atoms with E-state index in [1.165, 1.54) is 43.6 Å². The minimum atomic E-state index is -0.0351. The second-order valence-corrected chi connectivity index (χ2v) is 11.7. The summed E-state index contributed by atoms with van der Waals surface area (Å²) >= 11 is 0. The molecule has 0 heterocycles. The molecular weight excluding hydrogens is 336 g/mol. The summed E-state index contributed by atoms with van der Waals surface area (Å²) in [6, 6.07) is 0. The van der Waals surface area contributed by atoms with Gasteiger partial charge in [0.2, 0.25) is 0 Å². The lowest BCUT2D eigenvalue weighted by molar-refractivity contribution is -0.144. The Labute approximate surface area is 159 Å². The second-order valence-electron chi connectivity index (χ2n) is 9.00. The molecule has 0 saturated heterocycles. The molecule has 0 saturated carbocycles. The maximum Gasteiger partial charge on any atom is 0.305 e. The summed E-state index contributed by atoms with van der Waals surface area (Å²) in [5, 5.41) is 0. The number of unbranched alkanes of at least 4 members (excludes halogenated alkanes) is 3. The van der Waals surface area contributed by atoms with Crippen LogP contribution in [0.25, 0.3) is 0 Å². The first-order valence-corrected chi connectivity index (χ1v) is 12.0. The van der Waals surface area contributed by atoms with Crippen molar-refractivity contribution in [2.45, 2.75) is 92.9 Å². The number of hydrogen-bond acceptors (Lipinski definition) is 4. The summed E-state index contributed by atoms with van der Waals surface area (Å²) < 4.78 is 5.29. The van der Waals surface area contributed by atoms with Gasteiger partial charge in [0.05, 0.1) is 6.61 Å². The summed E-state index contributed by atoms with van der Waals surface area (Å²) in [6.07, 6.45) is 8.77. The second kappa shape index (κ2) is 13.4. The maximum atomic E-state index is 11.6. The quantitative estimate of drug-likeness (QED) is 0.194. The normalized spacial score (nSPS) is 12.4. The third-order valence-corrected chi connectivity index (χ3v) is 6.28. The van der Waals surface area contributed by atoms with Gasteiger partial charge in [0.15, 0.2) is 0 Å². The molecule has 24 heavy (non-hydrogen) atoms. The van der Waals surface area contributed by atoms with Crippen molar-refractivity contribution in [3.63, 3.8) is 0 Å². The fraction of sp³-hybridized carbons (Fsp3) is 0.950. The number of hydrogen-bond donors (Lipinski definition) is 0. The van der Waals surface area contributed by atoms with E-state index in [1.54, 1.807) is 0 Å². The standard InChI is InChI=1S/C20H40O2S2/c1-19(2,3)13-11-17-24-23-16-10-8-7-9-15-22-18(21)12-14-20(4,5)6/h7-17H2,1-6H3. The SMILES string of the molecule is CC(C)(C)CCCSSCCCCCCOC(=O)CCC(C)(C)C. The molecule has 0 spiro atoms. The van der Waals surface area contributed by atoms with Crippen LogP contribution >= 0.6 is 21.6 Å². The zero-order valence-corrected chi connectivity index (χ0v) is 18.5. The van der Waals surface area contributed by atoms with Gasteiger partial charge in [-0.1, -0.05) is 76.0 Å². The highest BCUT2D eigenvalue weighted by Gasteiger charge is 2.13.